The van der Waals surface area contributed by atoms with Gasteiger partial charge in [0.2, 0.25) is 5.91 Å². The average molecular weight is 301 g/mol. The van der Waals surface area contributed by atoms with Crippen LogP contribution in [0, 0.1) is 11.7 Å². The van der Waals surface area contributed by atoms with Crippen molar-refractivity contribution in [1.29, 1.82) is 0 Å². The van der Waals surface area contributed by atoms with Gasteiger partial charge >= 0.3 is 5.97 Å². The van der Waals surface area contributed by atoms with Crippen molar-refractivity contribution in [3.8, 4) is 0 Å². The number of carboxylic acid groups (broad SMARTS) is 1. The zero-order chi connectivity index (χ0) is 16.1. The fourth-order valence-corrected chi connectivity index (χ4v) is 2.14. The molecule has 0 saturated carbocycles. The van der Waals surface area contributed by atoms with E-state index in [4.69, 9.17) is 5.11 Å². The molecule has 0 aliphatic rings. The molecule has 22 heavy (non-hydrogen) atoms. The molecule has 0 bridgehead atoms. The van der Waals surface area contributed by atoms with Crippen molar-refractivity contribution in [3.05, 3.63) is 65.5 Å². The highest BCUT2D eigenvalue weighted by atomic mass is 19.1. The van der Waals surface area contributed by atoms with Crippen LogP contribution in [-0.4, -0.2) is 17.0 Å². The first-order valence-corrected chi connectivity index (χ1v) is 6.85. The van der Waals surface area contributed by atoms with Crippen LogP contribution in [0.3, 0.4) is 0 Å². The third kappa shape index (κ3) is 3.91. The van der Waals surface area contributed by atoms with Gasteiger partial charge in [0.25, 0.3) is 0 Å². The van der Waals surface area contributed by atoms with Gasteiger partial charge in [-0.15, -0.1) is 0 Å². The predicted octanol–water partition coefficient (Wildman–Crippen LogP) is 3.34. The van der Waals surface area contributed by atoms with E-state index < -0.39 is 11.9 Å². The van der Waals surface area contributed by atoms with Crippen molar-refractivity contribution in [2.24, 2.45) is 5.92 Å². The molecule has 2 aromatic rings. The summed E-state index contributed by atoms with van der Waals surface area (Å²) in [6.07, 6.45) is 0.374. The van der Waals surface area contributed by atoms with E-state index in [1.807, 2.05) is 0 Å². The Balaban J connectivity index is 2.07. The Morgan fingerprint density at radius 1 is 1.18 bits per heavy atom. The van der Waals surface area contributed by atoms with E-state index in [-0.39, 0.29) is 23.0 Å². The summed E-state index contributed by atoms with van der Waals surface area (Å²) in [6.45, 7) is 1.71. The second-order valence-corrected chi connectivity index (χ2v) is 5.08. The summed E-state index contributed by atoms with van der Waals surface area (Å²) >= 11 is 0. The predicted molar refractivity (Wildman–Crippen MR) is 81.3 cm³/mol. The number of amides is 1. The Morgan fingerprint density at radius 3 is 2.59 bits per heavy atom. The highest BCUT2D eigenvalue weighted by molar-refractivity contribution is 6.01. The van der Waals surface area contributed by atoms with Gasteiger partial charge in [0, 0.05) is 5.92 Å². The molecule has 0 spiro atoms. The zero-order valence-electron chi connectivity index (χ0n) is 12.0. The molecule has 0 aliphatic heterocycles. The first-order chi connectivity index (χ1) is 10.5. The first-order valence-electron chi connectivity index (χ1n) is 6.85. The quantitative estimate of drug-likeness (QED) is 0.890. The number of carbonyl (C=O) groups excluding carboxylic acids is 1. The van der Waals surface area contributed by atoms with Gasteiger partial charge in [-0.25, -0.2) is 9.18 Å². The Morgan fingerprint density at radius 2 is 1.91 bits per heavy atom. The summed E-state index contributed by atoms with van der Waals surface area (Å²) in [5.74, 6) is -2.17. The molecule has 114 valence electrons. The van der Waals surface area contributed by atoms with Crippen LogP contribution in [0.15, 0.2) is 48.5 Å². The van der Waals surface area contributed by atoms with Crippen molar-refractivity contribution in [2.75, 3.05) is 5.32 Å². The molecule has 0 aliphatic carbocycles. The number of para-hydroxylation sites is 1. The van der Waals surface area contributed by atoms with E-state index in [1.54, 1.807) is 31.2 Å². The Bertz CT molecular complexity index is 700. The van der Waals surface area contributed by atoms with Gasteiger partial charge in [0.1, 0.15) is 5.82 Å². The van der Waals surface area contributed by atoms with Crippen molar-refractivity contribution in [1.82, 2.24) is 0 Å². The highest BCUT2D eigenvalue weighted by Crippen LogP contribution is 2.17. The normalized spacial score (nSPS) is 11.7. The summed E-state index contributed by atoms with van der Waals surface area (Å²) in [4.78, 5) is 23.3. The number of carbonyl (C=O) groups is 2. The molecule has 2 aromatic carbocycles. The third-order valence-electron chi connectivity index (χ3n) is 3.29. The molecule has 0 fully saturated rings. The number of carboxylic acids is 1. The summed E-state index contributed by atoms with van der Waals surface area (Å²) < 4.78 is 13.1. The van der Waals surface area contributed by atoms with Gasteiger partial charge in [0.05, 0.1) is 11.3 Å². The lowest BCUT2D eigenvalue weighted by molar-refractivity contribution is -0.119. The van der Waals surface area contributed by atoms with Crippen LogP contribution < -0.4 is 5.32 Å². The SMILES string of the molecule is CC(Cc1cccc(F)c1)C(=O)Nc1ccccc1C(=O)O. The largest absolute Gasteiger partial charge is 0.478 e. The maximum absolute atomic E-state index is 13.1. The van der Waals surface area contributed by atoms with Crippen LogP contribution in [0.4, 0.5) is 10.1 Å². The number of aromatic carboxylic acids is 1. The number of anilines is 1. The van der Waals surface area contributed by atoms with Crippen LogP contribution >= 0.6 is 0 Å². The van der Waals surface area contributed by atoms with Gasteiger partial charge < -0.3 is 10.4 Å². The van der Waals surface area contributed by atoms with E-state index in [2.05, 4.69) is 5.32 Å². The molecule has 0 radical (unpaired) electrons. The lowest BCUT2D eigenvalue weighted by atomic mass is 10.00. The molecular formula is C17H16FNO3. The number of rotatable bonds is 5. The third-order valence-corrected chi connectivity index (χ3v) is 3.29. The molecule has 2 rings (SSSR count). The van der Waals surface area contributed by atoms with Gasteiger partial charge in [0.15, 0.2) is 0 Å². The molecule has 4 nitrogen and oxygen atoms in total. The maximum Gasteiger partial charge on any atom is 0.337 e. The van der Waals surface area contributed by atoms with E-state index in [9.17, 15) is 14.0 Å². The van der Waals surface area contributed by atoms with Gasteiger partial charge in [-0.2, -0.15) is 0 Å². The molecule has 5 heteroatoms. The summed E-state index contributed by atoms with van der Waals surface area (Å²) in [5.41, 5.74) is 1.01. The number of nitrogens with one attached hydrogen (secondary N) is 1. The maximum atomic E-state index is 13.1. The minimum atomic E-state index is -1.10. The summed E-state index contributed by atoms with van der Waals surface area (Å²) in [7, 11) is 0. The van der Waals surface area contributed by atoms with Crippen molar-refractivity contribution in [3.63, 3.8) is 0 Å². The Labute approximate surface area is 127 Å². The number of hydrogen-bond donors (Lipinski definition) is 2. The lowest BCUT2D eigenvalue weighted by Gasteiger charge is -2.13. The van der Waals surface area contributed by atoms with Gasteiger partial charge in [-0.05, 0) is 36.2 Å². The number of hydrogen-bond acceptors (Lipinski definition) is 2. The Hall–Kier alpha value is -2.69. The van der Waals surface area contributed by atoms with E-state index in [1.165, 1.54) is 24.3 Å². The standard InChI is InChI=1S/C17H16FNO3/c1-11(9-12-5-4-6-13(18)10-12)16(20)19-15-8-3-2-7-14(15)17(21)22/h2-8,10-11H,9H2,1H3,(H,19,20)(H,21,22). The smallest absolute Gasteiger partial charge is 0.337 e. The second kappa shape index (κ2) is 6.85. The number of benzene rings is 2. The van der Waals surface area contributed by atoms with Crippen LogP contribution in [-0.2, 0) is 11.2 Å². The highest BCUT2D eigenvalue weighted by Gasteiger charge is 2.17. The molecule has 0 aromatic heterocycles. The molecule has 1 unspecified atom stereocenters. The van der Waals surface area contributed by atoms with Crippen molar-refractivity contribution < 1.29 is 19.1 Å². The summed E-state index contributed by atoms with van der Waals surface area (Å²) in [6, 6.07) is 12.3. The molecule has 0 heterocycles. The lowest BCUT2D eigenvalue weighted by Crippen LogP contribution is -2.23. The fourth-order valence-electron chi connectivity index (χ4n) is 2.14. The Kier molecular flexibility index (Phi) is 4.88. The number of halogens is 1. The molecular weight excluding hydrogens is 285 g/mol. The van der Waals surface area contributed by atoms with Crippen LogP contribution in [0.25, 0.3) is 0 Å². The van der Waals surface area contributed by atoms with Crippen LogP contribution in [0.5, 0.6) is 0 Å². The second-order valence-electron chi connectivity index (χ2n) is 5.08. The van der Waals surface area contributed by atoms with Crippen LogP contribution in [0.1, 0.15) is 22.8 Å². The van der Waals surface area contributed by atoms with Crippen molar-refractivity contribution >= 4 is 17.6 Å². The minimum Gasteiger partial charge on any atom is -0.478 e. The minimum absolute atomic E-state index is 0.0359. The first kappa shape index (κ1) is 15.7. The van der Waals surface area contributed by atoms with E-state index >= 15 is 0 Å². The molecule has 1 amide bonds. The molecule has 2 N–H and O–H groups in total. The van der Waals surface area contributed by atoms with Crippen molar-refractivity contribution in [2.45, 2.75) is 13.3 Å². The topological polar surface area (TPSA) is 66.4 Å². The monoisotopic (exact) mass is 301 g/mol. The zero-order valence-corrected chi connectivity index (χ0v) is 12.0. The van der Waals surface area contributed by atoms with Gasteiger partial charge in [-0.1, -0.05) is 31.2 Å². The summed E-state index contributed by atoms with van der Waals surface area (Å²) in [5, 5.41) is 11.7. The molecule has 1 atom stereocenters. The van der Waals surface area contributed by atoms with Gasteiger partial charge in [-0.3, -0.25) is 4.79 Å². The van der Waals surface area contributed by atoms with E-state index in [0.717, 1.165) is 0 Å². The van der Waals surface area contributed by atoms with E-state index in [0.29, 0.717) is 12.0 Å². The average Bonchev–Trinajstić information content (AvgIpc) is 2.47. The molecule has 0 saturated heterocycles. The van der Waals surface area contributed by atoms with Crippen LogP contribution in [0.2, 0.25) is 0 Å². The fraction of sp³-hybridized carbons (Fsp3) is 0.176.